The molecule has 188 valence electrons. The molecule has 1 aromatic heterocycles. The Morgan fingerprint density at radius 2 is 1.82 bits per heavy atom. The number of benzene rings is 1. The first-order valence-corrected chi connectivity index (χ1v) is 13.2. The Hall–Kier alpha value is -1.55. The first kappa shape index (κ1) is 27.0. The zero-order valence-electron chi connectivity index (χ0n) is 19.8. The van der Waals surface area contributed by atoms with Crippen molar-refractivity contribution in [2.24, 2.45) is 0 Å². The monoisotopic (exact) mass is 558 g/mol. The Labute approximate surface area is 212 Å². The molecule has 1 saturated carbocycles. The van der Waals surface area contributed by atoms with Gasteiger partial charge in [-0.1, -0.05) is 19.3 Å². The molecule has 9 heteroatoms. The Balaban J connectivity index is 1.77. The van der Waals surface area contributed by atoms with E-state index < -0.39 is 35.5 Å². The molecule has 2 atom stereocenters. The van der Waals surface area contributed by atoms with Crippen molar-refractivity contribution in [2.75, 3.05) is 6.54 Å². The van der Waals surface area contributed by atoms with Crippen molar-refractivity contribution in [1.82, 2.24) is 10.6 Å². The minimum atomic E-state index is -1.01. The third-order valence-corrected chi connectivity index (χ3v) is 7.77. The van der Waals surface area contributed by atoms with Crippen LogP contribution in [-0.4, -0.2) is 35.5 Å². The number of halogens is 3. The molecule has 3 N–H and O–H groups in total. The summed E-state index contributed by atoms with van der Waals surface area (Å²) in [6.07, 6.45) is 3.59. The summed E-state index contributed by atoms with van der Waals surface area (Å²) in [5.74, 6) is -1.41. The number of carbonyl (C=O) groups is 1. The number of hydrogen-bond donors (Lipinski definition) is 3. The number of aliphatic hydroxyl groups excluding tert-OH is 1. The quantitative estimate of drug-likeness (QED) is 0.369. The van der Waals surface area contributed by atoms with Gasteiger partial charge in [0.1, 0.15) is 17.2 Å². The zero-order valence-corrected chi connectivity index (χ0v) is 22.2. The number of thiophene rings is 1. The molecule has 1 aliphatic rings. The van der Waals surface area contributed by atoms with Crippen molar-refractivity contribution in [3.8, 4) is 0 Å². The number of rotatable bonds is 8. The fraction of sp³-hybridized carbons (Fsp3) is 0.560. The molecule has 1 heterocycles. The summed E-state index contributed by atoms with van der Waals surface area (Å²) >= 11 is 5.22. The van der Waals surface area contributed by atoms with Crippen LogP contribution >= 0.6 is 27.3 Å². The Kier molecular flexibility index (Phi) is 9.11. The van der Waals surface area contributed by atoms with Crippen LogP contribution in [0, 0.1) is 11.6 Å². The molecule has 0 spiro atoms. The van der Waals surface area contributed by atoms with E-state index in [2.05, 4.69) is 32.6 Å². The van der Waals surface area contributed by atoms with E-state index in [-0.39, 0.29) is 18.5 Å². The number of ether oxygens (including phenoxy) is 1. The fourth-order valence-corrected chi connectivity index (χ4v) is 6.01. The third-order valence-electron chi connectivity index (χ3n) is 5.95. The molecular weight excluding hydrogens is 526 g/mol. The number of amides is 1. The summed E-state index contributed by atoms with van der Waals surface area (Å²) in [6, 6.07) is 6.53. The van der Waals surface area contributed by atoms with E-state index in [0.29, 0.717) is 5.56 Å². The Bertz CT molecular complexity index is 953. The van der Waals surface area contributed by atoms with E-state index in [4.69, 9.17) is 4.74 Å². The van der Waals surface area contributed by atoms with Gasteiger partial charge in [0, 0.05) is 17.5 Å². The van der Waals surface area contributed by atoms with E-state index >= 15 is 0 Å². The highest BCUT2D eigenvalue weighted by Crippen LogP contribution is 2.41. The van der Waals surface area contributed by atoms with E-state index in [0.717, 1.165) is 35.5 Å². The van der Waals surface area contributed by atoms with E-state index in [1.165, 1.54) is 23.4 Å². The van der Waals surface area contributed by atoms with E-state index in [1.54, 1.807) is 32.1 Å². The largest absolute Gasteiger partial charge is 0.444 e. The van der Waals surface area contributed by atoms with Crippen LogP contribution in [0.25, 0.3) is 0 Å². The Morgan fingerprint density at radius 1 is 1.18 bits per heavy atom. The molecule has 0 radical (unpaired) electrons. The predicted octanol–water partition coefficient (Wildman–Crippen LogP) is 6.03. The molecule has 1 aromatic carbocycles. The molecule has 1 aliphatic carbocycles. The average Bonchev–Trinajstić information content (AvgIpc) is 3.17. The standard InChI is InChI=1S/C25H33BrF2N2O3S/c1-24(2,3)33-23(32)30-19(13-16-11-17(27)14-18(28)12-16)20(31)15-29-25(9-5-4-6-10-25)21-7-8-22(26)34-21/h7-8,11-12,14,19-20,29,31H,4-6,9-10,13,15H2,1-3H3,(H,30,32)/t19-,20+/m0/s1. The van der Waals surface area contributed by atoms with Crippen LogP contribution in [0.2, 0.25) is 0 Å². The first-order valence-electron chi connectivity index (χ1n) is 11.6. The first-order chi connectivity index (χ1) is 16.0. The van der Waals surface area contributed by atoms with Crippen molar-refractivity contribution >= 4 is 33.4 Å². The van der Waals surface area contributed by atoms with Gasteiger partial charge in [0.05, 0.1) is 21.5 Å². The summed E-state index contributed by atoms with van der Waals surface area (Å²) in [5, 5.41) is 17.4. The van der Waals surface area contributed by atoms with Crippen LogP contribution in [0.4, 0.5) is 13.6 Å². The van der Waals surface area contributed by atoms with Gasteiger partial charge in [-0.3, -0.25) is 0 Å². The lowest BCUT2D eigenvalue weighted by atomic mass is 9.80. The van der Waals surface area contributed by atoms with Gasteiger partial charge in [0.25, 0.3) is 0 Å². The molecule has 5 nitrogen and oxygen atoms in total. The van der Waals surface area contributed by atoms with Gasteiger partial charge in [-0.25, -0.2) is 13.6 Å². The van der Waals surface area contributed by atoms with Crippen molar-refractivity contribution < 1.29 is 23.4 Å². The maximum atomic E-state index is 13.8. The smallest absolute Gasteiger partial charge is 0.407 e. The minimum absolute atomic E-state index is 0.0499. The van der Waals surface area contributed by atoms with Gasteiger partial charge in [-0.2, -0.15) is 0 Å². The van der Waals surface area contributed by atoms with Crippen molar-refractivity contribution in [1.29, 1.82) is 0 Å². The van der Waals surface area contributed by atoms with Crippen LogP contribution < -0.4 is 10.6 Å². The van der Waals surface area contributed by atoms with Gasteiger partial charge >= 0.3 is 6.09 Å². The van der Waals surface area contributed by atoms with E-state index in [1.807, 2.05) is 6.07 Å². The van der Waals surface area contributed by atoms with Gasteiger partial charge in [0.2, 0.25) is 0 Å². The van der Waals surface area contributed by atoms with Crippen molar-refractivity contribution in [2.45, 2.75) is 82.6 Å². The minimum Gasteiger partial charge on any atom is -0.444 e. The molecule has 34 heavy (non-hydrogen) atoms. The normalized spacial score (nSPS) is 17.7. The molecule has 2 aromatic rings. The van der Waals surface area contributed by atoms with Crippen molar-refractivity contribution in [3.63, 3.8) is 0 Å². The second kappa shape index (κ2) is 11.5. The zero-order chi connectivity index (χ0) is 24.9. The molecule has 0 unspecified atom stereocenters. The number of nitrogens with one attached hydrogen (secondary N) is 2. The number of hydrogen-bond acceptors (Lipinski definition) is 5. The van der Waals surface area contributed by atoms with Crippen LogP contribution in [-0.2, 0) is 16.7 Å². The van der Waals surface area contributed by atoms with Crippen LogP contribution in [0.5, 0.6) is 0 Å². The van der Waals surface area contributed by atoms with Gasteiger partial charge in [-0.15, -0.1) is 11.3 Å². The second-order valence-electron chi connectivity index (χ2n) is 9.93. The van der Waals surface area contributed by atoms with Crippen LogP contribution in [0.1, 0.15) is 63.3 Å². The highest BCUT2D eigenvalue weighted by Gasteiger charge is 2.36. The average molecular weight is 560 g/mol. The summed E-state index contributed by atoms with van der Waals surface area (Å²) in [7, 11) is 0. The summed E-state index contributed by atoms with van der Waals surface area (Å²) in [6.45, 7) is 5.43. The lowest BCUT2D eigenvalue weighted by Crippen LogP contribution is -2.53. The highest BCUT2D eigenvalue weighted by atomic mass is 79.9. The van der Waals surface area contributed by atoms with Gasteiger partial charge < -0.3 is 20.5 Å². The number of carbonyl (C=O) groups excluding carboxylic acids is 1. The number of alkyl carbamates (subject to hydrolysis) is 1. The molecular formula is C25H33BrF2N2O3S. The predicted molar refractivity (Wildman–Crippen MR) is 134 cm³/mol. The van der Waals surface area contributed by atoms with Crippen LogP contribution in [0.15, 0.2) is 34.1 Å². The highest BCUT2D eigenvalue weighted by molar-refractivity contribution is 9.11. The molecule has 0 aliphatic heterocycles. The SMILES string of the molecule is CC(C)(C)OC(=O)N[C@@H](Cc1cc(F)cc(F)c1)[C@H](O)CNC1(c2ccc(Br)s2)CCCCC1. The van der Waals surface area contributed by atoms with Gasteiger partial charge in [0.15, 0.2) is 0 Å². The molecule has 0 saturated heterocycles. The Morgan fingerprint density at radius 3 is 2.38 bits per heavy atom. The molecule has 1 amide bonds. The molecule has 3 rings (SSSR count). The molecule has 1 fully saturated rings. The fourth-order valence-electron chi connectivity index (χ4n) is 4.40. The van der Waals surface area contributed by atoms with Gasteiger partial charge in [-0.05, 0) is 85.8 Å². The maximum absolute atomic E-state index is 13.8. The number of aliphatic hydroxyl groups is 1. The topological polar surface area (TPSA) is 70.6 Å². The summed E-state index contributed by atoms with van der Waals surface area (Å²) in [4.78, 5) is 13.7. The summed E-state index contributed by atoms with van der Waals surface area (Å²) in [5.41, 5.74) is -0.633. The van der Waals surface area contributed by atoms with E-state index in [9.17, 15) is 18.7 Å². The summed E-state index contributed by atoms with van der Waals surface area (Å²) < 4.78 is 33.9. The lowest BCUT2D eigenvalue weighted by Gasteiger charge is -2.39. The van der Waals surface area contributed by atoms with Crippen molar-refractivity contribution in [3.05, 3.63) is 56.2 Å². The van der Waals surface area contributed by atoms with Crippen LogP contribution in [0.3, 0.4) is 0 Å². The lowest BCUT2D eigenvalue weighted by molar-refractivity contribution is 0.0408. The maximum Gasteiger partial charge on any atom is 0.407 e. The second-order valence-corrected chi connectivity index (χ2v) is 12.4. The molecule has 0 bridgehead atoms. The third kappa shape index (κ3) is 7.73.